The second kappa shape index (κ2) is 6.21. The quantitative estimate of drug-likeness (QED) is 0.820. The van der Waals surface area contributed by atoms with Crippen LogP contribution in [0.25, 0.3) is 0 Å². The van der Waals surface area contributed by atoms with E-state index in [1.807, 2.05) is 0 Å². The number of hydrogen-bond acceptors (Lipinski definition) is 1. The van der Waals surface area contributed by atoms with E-state index in [0.29, 0.717) is 11.5 Å². The van der Waals surface area contributed by atoms with Gasteiger partial charge in [-0.3, -0.25) is 0 Å². The van der Waals surface area contributed by atoms with Crippen molar-refractivity contribution in [3.05, 3.63) is 34.6 Å². The van der Waals surface area contributed by atoms with Gasteiger partial charge in [0.1, 0.15) is 5.82 Å². The molecule has 0 amide bonds. The summed E-state index contributed by atoms with van der Waals surface area (Å²) < 4.78 is 13.2. The first-order valence-electron chi connectivity index (χ1n) is 5.72. The number of benzene rings is 1. The van der Waals surface area contributed by atoms with Gasteiger partial charge in [-0.05, 0) is 24.0 Å². The van der Waals surface area contributed by atoms with E-state index in [9.17, 15) is 4.39 Å². The lowest BCUT2D eigenvalue weighted by atomic mass is 9.98. The van der Waals surface area contributed by atoms with Crippen LogP contribution in [0.1, 0.15) is 44.7 Å². The van der Waals surface area contributed by atoms with E-state index >= 15 is 0 Å². The van der Waals surface area contributed by atoms with Crippen molar-refractivity contribution in [3.63, 3.8) is 0 Å². The fourth-order valence-electron chi connectivity index (χ4n) is 1.71. The monoisotopic (exact) mass is 243 g/mol. The standard InChI is InChI=1S/C13H19ClFN/c1-9(2)5-3-8-12(16)10-6-4-7-11(15)13(10)14/h4,6-7,9,12H,3,5,8,16H2,1-2H3. The van der Waals surface area contributed by atoms with Gasteiger partial charge in [0.05, 0.1) is 5.02 Å². The molecule has 90 valence electrons. The molecule has 3 heteroatoms. The Morgan fingerprint density at radius 2 is 2.00 bits per heavy atom. The van der Waals surface area contributed by atoms with E-state index < -0.39 is 5.82 Å². The third-order valence-electron chi connectivity index (χ3n) is 2.68. The van der Waals surface area contributed by atoms with Gasteiger partial charge in [0.2, 0.25) is 0 Å². The number of nitrogens with two attached hydrogens (primary N) is 1. The highest BCUT2D eigenvalue weighted by Crippen LogP contribution is 2.27. The summed E-state index contributed by atoms with van der Waals surface area (Å²) in [5, 5.41) is 0.166. The first-order valence-corrected chi connectivity index (χ1v) is 6.09. The summed E-state index contributed by atoms with van der Waals surface area (Å²) >= 11 is 5.87. The van der Waals surface area contributed by atoms with Crippen molar-refractivity contribution in [1.82, 2.24) is 0 Å². The third-order valence-corrected chi connectivity index (χ3v) is 3.08. The summed E-state index contributed by atoms with van der Waals surface area (Å²) in [6, 6.07) is 4.64. The van der Waals surface area contributed by atoms with Crippen LogP contribution in [0.2, 0.25) is 5.02 Å². The van der Waals surface area contributed by atoms with Crippen molar-refractivity contribution in [2.24, 2.45) is 11.7 Å². The first-order chi connectivity index (χ1) is 7.52. The largest absolute Gasteiger partial charge is 0.324 e. The predicted molar refractivity (Wildman–Crippen MR) is 67.0 cm³/mol. The Kier molecular flexibility index (Phi) is 5.23. The molecule has 1 rings (SSSR count). The van der Waals surface area contributed by atoms with Crippen LogP contribution in [0.5, 0.6) is 0 Å². The second-order valence-electron chi connectivity index (χ2n) is 4.57. The molecule has 0 fully saturated rings. The lowest BCUT2D eigenvalue weighted by Crippen LogP contribution is -2.11. The van der Waals surface area contributed by atoms with Crippen molar-refractivity contribution in [2.45, 2.75) is 39.2 Å². The number of halogens is 2. The minimum absolute atomic E-state index is 0.165. The molecule has 1 aromatic rings. The molecule has 0 radical (unpaired) electrons. The summed E-state index contributed by atoms with van der Waals surface area (Å²) in [5.74, 6) is 0.286. The minimum Gasteiger partial charge on any atom is -0.324 e. The molecule has 2 N–H and O–H groups in total. The smallest absolute Gasteiger partial charge is 0.142 e. The van der Waals surface area contributed by atoms with Crippen LogP contribution in [0.15, 0.2) is 18.2 Å². The van der Waals surface area contributed by atoms with Crippen molar-refractivity contribution in [2.75, 3.05) is 0 Å². The van der Waals surface area contributed by atoms with Crippen molar-refractivity contribution < 1.29 is 4.39 Å². The average molecular weight is 244 g/mol. The summed E-state index contributed by atoms with van der Waals surface area (Å²) in [4.78, 5) is 0. The molecular formula is C13H19ClFN. The maximum atomic E-state index is 13.2. The Morgan fingerprint density at radius 3 is 2.62 bits per heavy atom. The lowest BCUT2D eigenvalue weighted by molar-refractivity contribution is 0.504. The Morgan fingerprint density at radius 1 is 1.31 bits per heavy atom. The van der Waals surface area contributed by atoms with Crippen molar-refractivity contribution in [3.8, 4) is 0 Å². The van der Waals surface area contributed by atoms with Gasteiger partial charge in [0.15, 0.2) is 0 Å². The molecule has 1 unspecified atom stereocenters. The Hall–Kier alpha value is -0.600. The summed E-state index contributed by atoms with van der Waals surface area (Å²) in [6.45, 7) is 4.36. The van der Waals surface area contributed by atoms with Crippen molar-refractivity contribution >= 4 is 11.6 Å². The second-order valence-corrected chi connectivity index (χ2v) is 4.95. The number of hydrogen-bond donors (Lipinski definition) is 1. The SMILES string of the molecule is CC(C)CCCC(N)c1cccc(F)c1Cl. The van der Waals surface area contributed by atoms with E-state index in [0.717, 1.165) is 19.3 Å². The first kappa shape index (κ1) is 13.5. The van der Waals surface area contributed by atoms with Gasteiger partial charge in [-0.25, -0.2) is 4.39 Å². The highest BCUT2D eigenvalue weighted by Gasteiger charge is 2.12. The summed E-state index contributed by atoms with van der Waals surface area (Å²) in [7, 11) is 0. The van der Waals surface area contributed by atoms with E-state index in [2.05, 4.69) is 13.8 Å². The van der Waals surface area contributed by atoms with Crippen LogP contribution >= 0.6 is 11.6 Å². The van der Waals surface area contributed by atoms with E-state index in [1.54, 1.807) is 12.1 Å². The third kappa shape index (κ3) is 3.76. The molecule has 0 saturated carbocycles. The van der Waals surface area contributed by atoms with Crippen LogP contribution in [0.3, 0.4) is 0 Å². The van der Waals surface area contributed by atoms with E-state index in [-0.39, 0.29) is 11.1 Å². The normalized spacial score (nSPS) is 13.1. The molecule has 0 aromatic heterocycles. The zero-order valence-corrected chi connectivity index (χ0v) is 10.6. The molecule has 0 aliphatic heterocycles. The van der Waals surface area contributed by atoms with Crippen LogP contribution < -0.4 is 5.73 Å². The highest BCUT2D eigenvalue weighted by molar-refractivity contribution is 6.31. The molecule has 0 saturated heterocycles. The Bertz CT molecular complexity index is 339. The molecule has 0 bridgehead atoms. The predicted octanol–water partition coefficient (Wildman–Crippen LogP) is 4.31. The lowest BCUT2D eigenvalue weighted by Gasteiger charge is -2.14. The Balaban J connectivity index is 2.59. The van der Waals surface area contributed by atoms with Gasteiger partial charge in [-0.1, -0.05) is 50.4 Å². The maximum Gasteiger partial charge on any atom is 0.142 e. The van der Waals surface area contributed by atoms with Gasteiger partial charge in [0, 0.05) is 6.04 Å². The molecule has 0 aliphatic rings. The highest BCUT2D eigenvalue weighted by atomic mass is 35.5. The van der Waals surface area contributed by atoms with Crippen LogP contribution in [0.4, 0.5) is 4.39 Å². The zero-order valence-electron chi connectivity index (χ0n) is 9.84. The van der Waals surface area contributed by atoms with Crippen LogP contribution in [-0.2, 0) is 0 Å². The number of rotatable bonds is 5. The zero-order chi connectivity index (χ0) is 12.1. The van der Waals surface area contributed by atoms with Crippen molar-refractivity contribution in [1.29, 1.82) is 0 Å². The Labute approximate surface area is 102 Å². The molecule has 0 heterocycles. The van der Waals surface area contributed by atoms with E-state index in [4.69, 9.17) is 17.3 Å². The molecule has 16 heavy (non-hydrogen) atoms. The molecular weight excluding hydrogens is 225 g/mol. The summed E-state index contributed by atoms with van der Waals surface area (Å²) in [5.41, 5.74) is 6.71. The topological polar surface area (TPSA) is 26.0 Å². The van der Waals surface area contributed by atoms with Gasteiger partial charge < -0.3 is 5.73 Å². The van der Waals surface area contributed by atoms with E-state index in [1.165, 1.54) is 6.07 Å². The fourth-order valence-corrected chi connectivity index (χ4v) is 1.97. The molecule has 0 aliphatic carbocycles. The molecule has 0 spiro atoms. The van der Waals surface area contributed by atoms with Gasteiger partial charge in [0.25, 0.3) is 0 Å². The fraction of sp³-hybridized carbons (Fsp3) is 0.538. The van der Waals surface area contributed by atoms with Gasteiger partial charge in [-0.15, -0.1) is 0 Å². The molecule has 1 aromatic carbocycles. The minimum atomic E-state index is -0.390. The average Bonchev–Trinajstić information content (AvgIpc) is 2.21. The summed E-state index contributed by atoms with van der Waals surface area (Å²) in [6.07, 6.45) is 3.04. The van der Waals surface area contributed by atoms with Gasteiger partial charge >= 0.3 is 0 Å². The van der Waals surface area contributed by atoms with Crippen LogP contribution in [-0.4, -0.2) is 0 Å². The molecule has 1 atom stereocenters. The van der Waals surface area contributed by atoms with Crippen LogP contribution in [0, 0.1) is 11.7 Å². The van der Waals surface area contributed by atoms with Gasteiger partial charge in [-0.2, -0.15) is 0 Å². The maximum absolute atomic E-state index is 13.2. The molecule has 1 nitrogen and oxygen atoms in total.